The highest BCUT2D eigenvalue weighted by molar-refractivity contribution is 5.76. The summed E-state index contributed by atoms with van der Waals surface area (Å²) >= 11 is 0. The van der Waals surface area contributed by atoms with Gasteiger partial charge in [-0.3, -0.25) is 9.69 Å². The van der Waals surface area contributed by atoms with Crippen molar-refractivity contribution >= 4 is 16.7 Å². The van der Waals surface area contributed by atoms with Crippen molar-refractivity contribution in [1.29, 1.82) is 0 Å². The Labute approximate surface area is 140 Å². The van der Waals surface area contributed by atoms with Crippen LogP contribution in [-0.2, 0) is 6.54 Å². The normalized spacial score (nSPS) is 15.8. The van der Waals surface area contributed by atoms with Crippen LogP contribution in [-0.4, -0.2) is 31.1 Å². The molecular weight excluding hydrogens is 300 g/mol. The van der Waals surface area contributed by atoms with Gasteiger partial charge in [-0.15, -0.1) is 0 Å². The highest BCUT2D eigenvalue weighted by atomic mass is 16.3. The van der Waals surface area contributed by atoms with Gasteiger partial charge in [0.2, 0.25) is 0 Å². The zero-order valence-electron chi connectivity index (χ0n) is 13.5. The fourth-order valence-corrected chi connectivity index (χ4v) is 3.26. The van der Waals surface area contributed by atoms with Crippen molar-refractivity contribution in [3.8, 4) is 0 Å². The van der Waals surface area contributed by atoms with Crippen LogP contribution in [0.5, 0.6) is 0 Å². The molecule has 1 aromatic heterocycles. The summed E-state index contributed by atoms with van der Waals surface area (Å²) in [6, 6.07) is 19.5. The van der Waals surface area contributed by atoms with Crippen molar-refractivity contribution in [2.45, 2.75) is 6.54 Å². The largest absolute Gasteiger partial charge is 0.459 e. The molecule has 0 saturated carbocycles. The number of rotatable bonds is 3. The van der Waals surface area contributed by atoms with Gasteiger partial charge in [0, 0.05) is 37.9 Å². The summed E-state index contributed by atoms with van der Waals surface area (Å²) in [5.74, 6) is 0.742. The minimum absolute atomic E-state index is 0.0368. The third-order valence-corrected chi connectivity index (χ3v) is 4.56. The molecule has 3 aromatic rings. The molecule has 0 bridgehead atoms. The minimum Gasteiger partial charge on any atom is -0.459 e. The highest BCUT2D eigenvalue weighted by Gasteiger charge is 2.18. The maximum Gasteiger partial charge on any atom is 0.192 e. The van der Waals surface area contributed by atoms with Crippen LogP contribution < -0.4 is 10.3 Å². The van der Waals surface area contributed by atoms with Crippen LogP contribution in [0, 0.1) is 0 Å². The van der Waals surface area contributed by atoms with Gasteiger partial charge in [-0.2, -0.15) is 0 Å². The molecule has 0 radical (unpaired) electrons. The van der Waals surface area contributed by atoms with Crippen LogP contribution in [0.15, 0.2) is 69.9 Å². The van der Waals surface area contributed by atoms with E-state index in [4.69, 9.17) is 4.42 Å². The third-order valence-electron chi connectivity index (χ3n) is 4.56. The molecule has 1 aliphatic rings. The third kappa shape index (κ3) is 3.05. The molecule has 122 valence electrons. The van der Waals surface area contributed by atoms with Gasteiger partial charge in [0.15, 0.2) is 5.43 Å². The molecule has 4 heteroatoms. The SMILES string of the molecule is O=c1cc(CN2CCN(c3ccccc3)CC2)oc2ccccc12. The number of nitrogens with zero attached hydrogens (tertiary/aromatic N) is 2. The quantitative estimate of drug-likeness (QED) is 0.743. The number of hydrogen-bond donors (Lipinski definition) is 0. The Morgan fingerprint density at radius 2 is 1.58 bits per heavy atom. The van der Waals surface area contributed by atoms with Gasteiger partial charge in [0.25, 0.3) is 0 Å². The standard InChI is InChI=1S/C20H20N2O2/c23-19-14-17(24-20-9-5-4-8-18(19)20)15-21-10-12-22(13-11-21)16-6-2-1-3-7-16/h1-9,14H,10-13,15H2. The lowest BCUT2D eigenvalue weighted by Crippen LogP contribution is -2.46. The summed E-state index contributed by atoms with van der Waals surface area (Å²) in [6.07, 6.45) is 0. The molecule has 4 nitrogen and oxygen atoms in total. The summed E-state index contributed by atoms with van der Waals surface area (Å²) in [6.45, 7) is 4.59. The average Bonchev–Trinajstić information content (AvgIpc) is 2.63. The van der Waals surface area contributed by atoms with E-state index in [1.54, 1.807) is 6.07 Å². The van der Waals surface area contributed by atoms with E-state index in [2.05, 4.69) is 34.1 Å². The van der Waals surface area contributed by atoms with Crippen LogP contribution in [0.2, 0.25) is 0 Å². The van der Waals surface area contributed by atoms with Crippen LogP contribution in [0.3, 0.4) is 0 Å². The van der Waals surface area contributed by atoms with E-state index >= 15 is 0 Å². The minimum atomic E-state index is 0.0368. The summed E-state index contributed by atoms with van der Waals surface area (Å²) < 4.78 is 5.90. The Morgan fingerprint density at radius 1 is 0.875 bits per heavy atom. The number of benzene rings is 2. The molecule has 2 aromatic carbocycles. The van der Waals surface area contributed by atoms with Crippen LogP contribution in [0.4, 0.5) is 5.69 Å². The smallest absolute Gasteiger partial charge is 0.192 e. The van der Waals surface area contributed by atoms with E-state index in [-0.39, 0.29) is 5.43 Å². The average molecular weight is 320 g/mol. The predicted octanol–water partition coefficient (Wildman–Crippen LogP) is 3.12. The van der Waals surface area contributed by atoms with E-state index in [9.17, 15) is 4.79 Å². The Morgan fingerprint density at radius 3 is 2.38 bits per heavy atom. The zero-order chi connectivity index (χ0) is 16.4. The van der Waals surface area contributed by atoms with Crippen molar-refractivity contribution in [2.24, 2.45) is 0 Å². The second-order valence-corrected chi connectivity index (χ2v) is 6.17. The number of anilines is 1. The molecule has 0 spiro atoms. The van der Waals surface area contributed by atoms with Crippen molar-refractivity contribution in [2.75, 3.05) is 31.1 Å². The molecule has 0 N–H and O–H groups in total. The molecular formula is C20H20N2O2. The molecule has 0 aliphatic carbocycles. The van der Waals surface area contributed by atoms with Crippen LogP contribution >= 0.6 is 0 Å². The molecule has 0 unspecified atom stereocenters. The number of piperazine rings is 1. The first-order valence-electron chi connectivity index (χ1n) is 8.34. The first-order chi connectivity index (χ1) is 11.8. The number of hydrogen-bond acceptors (Lipinski definition) is 4. The van der Waals surface area contributed by atoms with Gasteiger partial charge in [0.05, 0.1) is 11.9 Å². The maximum atomic E-state index is 12.2. The Hall–Kier alpha value is -2.59. The van der Waals surface area contributed by atoms with E-state index in [0.717, 1.165) is 31.9 Å². The van der Waals surface area contributed by atoms with Gasteiger partial charge >= 0.3 is 0 Å². The molecule has 0 atom stereocenters. The van der Waals surface area contributed by atoms with Gasteiger partial charge in [-0.1, -0.05) is 30.3 Å². The van der Waals surface area contributed by atoms with Gasteiger partial charge < -0.3 is 9.32 Å². The molecule has 24 heavy (non-hydrogen) atoms. The Kier molecular flexibility index (Phi) is 4.05. The molecule has 1 saturated heterocycles. The first-order valence-corrected chi connectivity index (χ1v) is 8.34. The Bertz CT molecular complexity index is 881. The van der Waals surface area contributed by atoms with E-state index < -0.39 is 0 Å². The predicted molar refractivity (Wildman–Crippen MR) is 96.4 cm³/mol. The van der Waals surface area contributed by atoms with E-state index in [1.807, 2.05) is 30.3 Å². The maximum absolute atomic E-state index is 12.2. The second-order valence-electron chi connectivity index (χ2n) is 6.17. The van der Waals surface area contributed by atoms with Crippen LogP contribution in [0.25, 0.3) is 11.0 Å². The van der Waals surface area contributed by atoms with Gasteiger partial charge in [0.1, 0.15) is 11.3 Å². The number of fused-ring (bicyclic) bond motifs is 1. The fourth-order valence-electron chi connectivity index (χ4n) is 3.26. The summed E-state index contributed by atoms with van der Waals surface area (Å²) in [7, 11) is 0. The summed E-state index contributed by atoms with van der Waals surface area (Å²) in [5, 5.41) is 0.648. The van der Waals surface area contributed by atoms with Crippen molar-refractivity contribution < 1.29 is 4.42 Å². The van der Waals surface area contributed by atoms with Crippen LogP contribution in [0.1, 0.15) is 5.76 Å². The Balaban J connectivity index is 1.45. The highest BCUT2D eigenvalue weighted by Crippen LogP contribution is 2.18. The van der Waals surface area contributed by atoms with E-state index in [1.165, 1.54) is 5.69 Å². The van der Waals surface area contributed by atoms with Crippen molar-refractivity contribution in [3.05, 3.63) is 76.6 Å². The fraction of sp³-hybridized carbons (Fsp3) is 0.250. The lowest BCUT2D eigenvalue weighted by Gasteiger charge is -2.35. The lowest BCUT2D eigenvalue weighted by molar-refractivity contribution is 0.231. The first kappa shape index (κ1) is 15.0. The van der Waals surface area contributed by atoms with Gasteiger partial charge in [-0.25, -0.2) is 0 Å². The molecule has 1 aliphatic heterocycles. The lowest BCUT2D eigenvalue weighted by atomic mass is 10.2. The summed E-state index contributed by atoms with van der Waals surface area (Å²) in [5.41, 5.74) is 1.98. The monoisotopic (exact) mass is 320 g/mol. The topological polar surface area (TPSA) is 36.7 Å². The number of para-hydroxylation sites is 2. The molecule has 4 rings (SSSR count). The second kappa shape index (κ2) is 6.49. The molecule has 2 heterocycles. The molecule has 1 fully saturated rings. The molecule has 0 amide bonds. The van der Waals surface area contributed by atoms with Gasteiger partial charge in [-0.05, 0) is 24.3 Å². The summed E-state index contributed by atoms with van der Waals surface area (Å²) in [4.78, 5) is 16.9. The van der Waals surface area contributed by atoms with Crippen molar-refractivity contribution in [3.63, 3.8) is 0 Å². The van der Waals surface area contributed by atoms with Crippen molar-refractivity contribution in [1.82, 2.24) is 4.90 Å². The van der Waals surface area contributed by atoms with E-state index in [0.29, 0.717) is 17.5 Å². The zero-order valence-corrected chi connectivity index (χ0v) is 13.5.